The highest BCUT2D eigenvalue weighted by Gasteiger charge is 2.55. The van der Waals surface area contributed by atoms with E-state index in [0.29, 0.717) is 17.6 Å². The van der Waals surface area contributed by atoms with Crippen molar-refractivity contribution in [3.8, 4) is 0 Å². The molecule has 3 rings (SSSR count). The Kier molecular flexibility index (Phi) is 4.00. The maximum absolute atomic E-state index is 11.4. The number of rotatable bonds is 4. The maximum Gasteiger partial charge on any atom is 0.331 e. The summed E-state index contributed by atoms with van der Waals surface area (Å²) in [5.74, 6) is -0.401. The van der Waals surface area contributed by atoms with Gasteiger partial charge in [0.15, 0.2) is 0 Å². The number of hydrogen-bond acceptors (Lipinski definition) is 6. The summed E-state index contributed by atoms with van der Waals surface area (Å²) >= 11 is 3.46. The van der Waals surface area contributed by atoms with Crippen LogP contribution in [0.2, 0.25) is 0 Å². The number of nitrogens with one attached hydrogen (secondary N) is 1. The Morgan fingerprint density at radius 2 is 2.38 bits per heavy atom. The standard InChI is InChI=1S/C14H17BrN2O4/c1-19-11(18)5-20-14(10-3-2-4-17-12(10)15)6-13(21-9-14)7-16-8-13/h2-4,16H,5-9H2,1H3. The van der Waals surface area contributed by atoms with E-state index in [-0.39, 0.29) is 12.2 Å². The molecule has 2 aliphatic heterocycles. The first-order valence-corrected chi connectivity index (χ1v) is 7.55. The average molecular weight is 357 g/mol. The smallest absolute Gasteiger partial charge is 0.331 e. The molecule has 0 bridgehead atoms. The molecular weight excluding hydrogens is 340 g/mol. The van der Waals surface area contributed by atoms with Crippen LogP contribution in [-0.2, 0) is 24.6 Å². The lowest BCUT2D eigenvalue weighted by atomic mass is 9.83. The zero-order valence-electron chi connectivity index (χ0n) is 11.7. The highest BCUT2D eigenvalue weighted by Crippen LogP contribution is 2.46. The molecule has 6 nitrogen and oxygen atoms in total. The molecule has 1 aromatic heterocycles. The van der Waals surface area contributed by atoms with Crippen LogP contribution in [0.1, 0.15) is 12.0 Å². The van der Waals surface area contributed by atoms with Crippen molar-refractivity contribution < 1.29 is 19.0 Å². The number of halogens is 1. The van der Waals surface area contributed by atoms with Crippen molar-refractivity contribution in [3.05, 3.63) is 28.5 Å². The molecule has 7 heteroatoms. The fraction of sp³-hybridized carbons (Fsp3) is 0.571. The van der Waals surface area contributed by atoms with Crippen molar-refractivity contribution in [2.24, 2.45) is 0 Å². The van der Waals surface area contributed by atoms with E-state index in [2.05, 4.69) is 31.0 Å². The lowest BCUT2D eigenvalue weighted by molar-refractivity contribution is -0.154. The zero-order chi connectivity index (χ0) is 14.9. The molecule has 21 heavy (non-hydrogen) atoms. The van der Waals surface area contributed by atoms with Crippen molar-refractivity contribution >= 4 is 21.9 Å². The van der Waals surface area contributed by atoms with Crippen molar-refractivity contribution in [1.82, 2.24) is 10.3 Å². The Hall–Kier alpha value is -1.02. The number of pyridine rings is 1. The van der Waals surface area contributed by atoms with Crippen molar-refractivity contribution in [2.45, 2.75) is 17.6 Å². The van der Waals surface area contributed by atoms with Gasteiger partial charge in [-0.2, -0.15) is 0 Å². The molecule has 0 radical (unpaired) electrons. The van der Waals surface area contributed by atoms with Crippen LogP contribution in [0.5, 0.6) is 0 Å². The van der Waals surface area contributed by atoms with E-state index in [1.54, 1.807) is 6.20 Å². The van der Waals surface area contributed by atoms with Gasteiger partial charge in [-0.05, 0) is 22.0 Å². The van der Waals surface area contributed by atoms with E-state index in [9.17, 15) is 4.79 Å². The molecule has 0 saturated carbocycles. The first kappa shape index (κ1) is 14.9. The quantitative estimate of drug-likeness (QED) is 0.640. The number of esters is 1. The van der Waals surface area contributed by atoms with Gasteiger partial charge in [0, 0.05) is 31.3 Å². The van der Waals surface area contributed by atoms with Crippen LogP contribution in [0.25, 0.3) is 0 Å². The summed E-state index contributed by atoms with van der Waals surface area (Å²) in [6.45, 7) is 1.89. The highest BCUT2D eigenvalue weighted by molar-refractivity contribution is 9.10. The summed E-state index contributed by atoms with van der Waals surface area (Å²) in [5.41, 5.74) is 0.0205. The summed E-state index contributed by atoms with van der Waals surface area (Å²) in [5, 5.41) is 3.22. The van der Waals surface area contributed by atoms with Gasteiger partial charge in [-0.15, -0.1) is 0 Å². The molecule has 0 aromatic carbocycles. The van der Waals surface area contributed by atoms with Gasteiger partial charge < -0.3 is 19.5 Å². The van der Waals surface area contributed by atoms with Gasteiger partial charge in [0.2, 0.25) is 0 Å². The lowest BCUT2D eigenvalue weighted by Crippen LogP contribution is -2.59. The molecule has 1 atom stereocenters. The Balaban J connectivity index is 1.88. The number of methoxy groups -OCH3 is 1. The number of ether oxygens (including phenoxy) is 3. The molecule has 0 amide bonds. The largest absolute Gasteiger partial charge is 0.467 e. The minimum absolute atomic E-state index is 0.106. The molecule has 2 aliphatic rings. The molecule has 1 spiro atoms. The third-order valence-electron chi connectivity index (χ3n) is 4.06. The lowest BCUT2D eigenvalue weighted by Gasteiger charge is -2.39. The second-order valence-electron chi connectivity index (χ2n) is 5.45. The minimum atomic E-state index is -0.677. The third kappa shape index (κ3) is 2.70. The number of nitrogens with zero attached hydrogens (tertiary/aromatic N) is 1. The first-order valence-electron chi connectivity index (χ1n) is 6.76. The van der Waals surface area contributed by atoms with Gasteiger partial charge in [-0.1, -0.05) is 6.07 Å². The normalized spacial score (nSPS) is 26.6. The van der Waals surface area contributed by atoms with Crippen molar-refractivity contribution in [1.29, 1.82) is 0 Å². The van der Waals surface area contributed by atoms with Gasteiger partial charge in [0.1, 0.15) is 16.8 Å². The maximum atomic E-state index is 11.4. The van der Waals surface area contributed by atoms with E-state index in [0.717, 1.165) is 18.7 Å². The number of carbonyl (C=O) groups is 1. The topological polar surface area (TPSA) is 69.7 Å². The zero-order valence-corrected chi connectivity index (χ0v) is 13.3. The highest BCUT2D eigenvalue weighted by atomic mass is 79.9. The van der Waals surface area contributed by atoms with E-state index in [1.165, 1.54) is 7.11 Å². The summed E-state index contributed by atoms with van der Waals surface area (Å²) in [6, 6.07) is 3.80. The second-order valence-corrected chi connectivity index (χ2v) is 6.20. The van der Waals surface area contributed by atoms with E-state index >= 15 is 0 Å². The molecule has 2 saturated heterocycles. The second kappa shape index (κ2) is 5.64. The Morgan fingerprint density at radius 1 is 1.57 bits per heavy atom. The first-order chi connectivity index (χ1) is 10.1. The molecular formula is C14H17BrN2O4. The molecule has 114 valence electrons. The summed E-state index contributed by atoms with van der Waals surface area (Å²) in [7, 11) is 1.35. The summed E-state index contributed by atoms with van der Waals surface area (Å²) < 4.78 is 17.3. The van der Waals surface area contributed by atoms with E-state index in [4.69, 9.17) is 9.47 Å². The molecule has 1 aromatic rings. The Bertz CT molecular complexity index is 550. The predicted octanol–water partition coefficient (Wildman–Crippen LogP) is 0.991. The van der Waals surface area contributed by atoms with Crippen LogP contribution in [-0.4, -0.2) is 50.0 Å². The Labute approximate surface area is 131 Å². The predicted molar refractivity (Wildman–Crippen MR) is 77.8 cm³/mol. The molecule has 1 N–H and O–H groups in total. The van der Waals surface area contributed by atoms with Gasteiger partial charge in [0.05, 0.1) is 19.3 Å². The fourth-order valence-corrected chi connectivity index (χ4v) is 3.46. The SMILES string of the molecule is COC(=O)COC1(c2cccnc2Br)COC2(CNC2)C1. The molecule has 1 unspecified atom stereocenters. The number of aromatic nitrogens is 1. The number of carbonyl (C=O) groups excluding carboxylic acids is 1. The fourth-order valence-electron chi connectivity index (χ4n) is 2.85. The van der Waals surface area contributed by atoms with Crippen LogP contribution in [0.4, 0.5) is 0 Å². The van der Waals surface area contributed by atoms with Gasteiger partial charge in [0.25, 0.3) is 0 Å². The molecule has 2 fully saturated rings. The monoisotopic (exact) mass is 356 g/mol. The van der Waals surface area contributed by atoms with Crippen LogP contribution < -0.4 is 5.32 Å². The van der Waals surface area contributed by atoms with Crippen LogP contribution in [0.15, 0.2) is 22.9 Å². The Morgan fingerprint density at radius 3 is 2.95 bits per heavy atom. The van der Waals surface area contributed by atoms with E-state index < -0.39 is 11.6 Å². The summed E-state index contributed by atoms with van der Waals surface area (Å²) in [4.78, 5) is 15.7. The van der Waals surface area contributed by atoms with Crippen molar-refractivity contribution in [2.75, 3.05) is 33.4 Å². The van der Waals surface area contributed by atoms with Crippen LogP contribution in [0, 0.1) is 0 Å². The van der Waals surface area contributed by atoms with Crippen LogP contribution >= 0.6 is 15.9 Å². The van der Waals surface area contributed by atoms with Crippen LogP contribution in [0.3, 0.4) is 0 Å². The minimum Gasteiger partial charge on any atom is -0.467 e. The molecule has 0 aliphatic carbocycles. The van der Waals surface area contributed by atoms with Gasteiger partial charge >= 0.3 is 5.97 Å². The van der Waals surface area contributed by atoms with Gasteiger partial charge in [-0.25, -0.2) is 9.78 Å². The van der Waals surface area contributed by atoms with E-state index in [1.807, 2.05) is 12.1 Å². The third-order valence-corrected chi connectivity index (χ3v) is 4.69. The molecule has 3 heterocycles. The number of hydrogen-bond donors (Lipinski definition) is 1. The average Bonchev–Trinajstić information content (AvgIpc) is 2.87. The van der Waals surface area contributed by atoms with Crippen molar-refractivity contribution in [3.63, 3.8) is 0 Å². The summed E-state index contributed by atoms with van der Waals surface area (Å²) in [6.07, 6.45) is 2.40. The van der Waals surface area contributed by atoms with Gasteiger partial charge in [-0.3, -0.25) is 0 Å².